The van der Waals surface area contributed by atoms with E-state index in [1.54, 1.807) is 4.90 Å². The summed E-state index contributed by atoms with van der Waals surface area (Å²) in [5.74, 6) is 0.727. The number of carbonyl (C=O) groups excluding carboxylic acids is 1. The number of hydrogen-bond donors (Lipinski definition) is 1. The Labute approximate surface area is 123 Å². The van der Waals surface area contributed by atoms with E-state index in [1.807, 2.05) is 34.0 Å². The van der Waals surface area contributed by atoms with Gasteiger partial charge in [0.05, 0.1) is 24.3 Å². The number of β-amino-alcohol motifs (C(OH)–C–C–N with tert-alkyl or cyclic N) is 1. The van der Waals surface area contributed by atoms with Gasteiger partial charge in [0.2, 0.25) is 0 Å². The predicted octanol–water partition coefficient (Wildman–Crippen LogP) is 1.66. The van der Waals surface area contributed by atoms with Gasteiger partial charge < -0.3 is 10.0 Å². The zero-order chi connectivity index (χ0) is 15.1. The van der Waals surface area contributed by atoms with Crippen molar-refractivity contribution in [2.45, 2.75) is 38.3 Å². The molecular formula is C14H21N3O2S. The predicted molar refractivity (Wildman–Crippen MR) is 79.0 cm³/mol. The van der Waals surface area contributed by atoms with Crippen LogP contribution in [0.2, 0.25) is 0 Å². The Kier molecular flexibility index (Phi) is 4.07. The lowest BCUT2D eigenvalue weighted by atomic mass is 9.82. The van der Waals surface area contributed by atoms with Crippen LogP contribution >= 0.6 is 11.8 Å². The number of carbonyl (C=O) groups is 1. The largest absolute Gasteiger partial charge is 0.386 e. The third-order valence-electron chi connectivity index (χ3n) is 3.87. The van der Waals surface area contributed by atoms with E-state index in [4.69, 9.17) is 0 Å². The Balaban J connectivity index is 2.24. The van der Waals surface area contributed by atoms with Gasteiger partial charge in [-0.25, -0.2) is 9.97 Å². The summed E-state index contributed by atoms with van der Waals surface area (Å²) in [7, 11) is 0. The molecule has 6 heteroatoms. The zero-order valence-corrected chi connectivity index (χ0v) is 13.4. The molecule has 20 heavy (non-hydrogen) atoms. The van der Waals surface area contributed by atoms with Crippen LogP contribution in [0.15, 0.2) is 5.03 Å². The molecule has 110 valence electrons. The molecule has 1 amide bonds. The van der Waals surface area contributed by atoms with Gasteiger partial charge in [-0.3, -0.25) is 4.79 Å². The molecule has 2 rings (SSSR count). The highest BCUT2D eigenvalue weighted by Crippen LogP contribution is 2.31. The maximum atomic E-state index is 12.6. The Morgan fingerprint density at radius 2 is 1.95 bits per heavy atom. The van der Waals surface area contributed by atoms with Crippen LogP contribution in [0.5, 0.6) is 0 Å². The molecule has 1 fully saturated rings. The van der Waals surface area contributed by atoms with Crippen LogP contribution in [0.25, 0.3) is 0 Å². The van der Waals surface area contributed by atoms with Crippen molar-refractivity contribution in [3.63, 3.8) is 0 Å². The number of aromatic nitrogens is 2. The fourth-order valence-corrected chi connectivity index (χ4v) is 3.02. The van der Waals surface area contributed by atoms with Crippen molar-refractivity contribution < 1.29 is 9.90 Å². The van der Waals surface area contributed by atoms with Gasteiger partial charge in [-0.15, -0.1) is 11.8 Å². The summed E-state index contributed by atoms with van der Waals surface area (Å²) < 4.78 is 0. The lowest BCUT2D eigenvalue weighted by Gasteiger charge is -2.49. The van der Waals surface area contributed by atoms with E-state index in [0.29, 0.717) is 35.2 Å². The van der Waals surface area contributed by atoms with E-state index in [9.17, 15) is 9.90 Å². The summed E-state index contributed by atoms with van der Waals surface area (Å²) in [4.78, 5) is 22.8. The molecule has 2 heterocycles. The van der Waals surface area contributed by atoms with Crippen LogP contribution in [-0.2, 0) is 0 Å². The molecular weight excluding hydrogens is 274 g/mol. The molecule has 1 N–H and O–H groups in total. The van der Waals surface area contributed by atoms with Crippen LogP contribution in [0.3, 0.4) is 0 Å². The van der Waals surface area contributed by atoms with Crippen LogP contribution in [0, 0.1) is 19.8 Å². The summed E-state index contributed by atoms with van der Waals surface area (Å²) in [6.45, 7) is 8.35. The highest BCUT2D eigenvalue weighted by molar-refractivity contribution is 7.98. The Bertz CT molecular complexity index is 539. The van der Waals surface area contributed by atoms with Crippen molar-refractivity contribution in [3.8, 4) is 0 Å². The number of aliphatic hydroxyl groups is 1. The number of amides is 1. The van der Waals surface area contributed by atoms with E-state index in [2.05, 4.69) is 9.97 Å². The molecule has 1 aliphatic heterocycles. The average molecular weight is 295 g/mol. The van der Waals surface area contributed by atoms with Gasteiger partial charge in [0.1, 0.15) is 16.5 Å². The average Bonchev–Trinajstić information content (AvgIpc) is 2.32. The number of rotatable bonds is 3. The van der Waals surface area contributed by atoms with Crippen LogP contribution < -0.4 is 0 Å². The van der Waals surface area contributed by atoms with E-state index in [-0.39, 0.29) is 11.8 Å². The molecule has 0 aromatic carbocycles. The molecule has 1 aliphatic rings. The van der Waals surface area contributed by atoms with Crippen molar-refractivity contribution in [3.05, 3.63) is 17.1 Å². The minimum atomic E-state index is -0.755. The maximum Gasteiger partial charge on any atom is 0.258 e. The quantitative estimate of drug-likeness (QED) is 0.678. The Morgan fingerprint density at radius 1 is 1.35 bits per heavy atom. The highest BCUT2D eigenvalue weighted by atomic mass is 32.2. The molecule has 0 unspecified atom stereocenters. The molecule has 1 saturated heterocycles. The first-order chi connectivity index (χ1) is 9.28. The molecule has 0 aliphatic carbocycles. The zero-order valence-electron chi connectivity index (χ0n) is 12.6. The molecule has 0 saturated carbocycles. The van der Waals surface area contributed by atoms with Gasteiger partial charge in [0.25, 0.3) is 5.91 Å². The SMILES string of the molecule is CSc1nc(C)nc(C)c1C(=O)N1CC(O)(C(C)C)C1. The summed E-state index contributed by atoms with van der Waals surface area (Å²) in [5, 5.41) is 11.0. The molecule has 5 nitrogen and oxygen atoms in total. The minimum Gasteiger partial charge on any atom is -0.386 e. The normalized spacial score (nSPS) is 17.2. The van der Waals surface area contributed by atoms with Crippen LogP contribution in [0.1, 0.15) is 35.7 Å². The third-order valence-corrected chi connectivity index (χ3v) is 4.55. The molecule has 0 radical (unpaired) electrons. The van der Waals surface area contributed by atoms with E-state index >= 15 is 0 Å². The second-order valence-corrected chi connectivity index (χ2v) is 6.45. The lowest BCUT2D eigenvalue weighted by Crippen LogP contribution is -2.66. The maximum absolute atomic E-state index is 12.6. The fraction of sp³-hybridized carbons (Fsp3) is 0.643. The minimum absolute atomic E-state index is 0.0859. The molecule has 0 spiro atoms. The molecule has 1 aromatic rings. The van der Waals surface area contributed by atoms with Gasteiger partial charge in [0.15, 0.2) is 0 Å². The van der Waals surface area contributed by atoms with Gasteiger partial charge in [-0.1, -0.05) is 13.8 Å². The topological polar surface area (TPSA) is 66.3 Å². The van der Waals surface area contributed by atoms with Crippen molar-refractivity contribution in [2.75, 3.05) is 19.3 Å². The standard InChI is InChI=1S/C14H21N3O2S/c1-8(2)14(19)6-17(7-14)13(18)11-9(3)15-10(4)16-12(11)20-5/h8,19H,6-7H2,1-5H3. The van der Waals surface area contributed by atoms with Crippen molar-refractivity contribution in [1.82, 2.24) is 14.9 Å². The van der Waals surface area contributed by atoms with Gasteiger partial charge in [-0.05, 0) is 26.0 Å². The summed E-state index contributed by atoms with van der Waals surface area (Å²) in [6.07, 6.45) is 1.90. The fourth-order valence-electron chi connectivity index (χ4n) is 2.36. The van der Waals surface area contributed by atoms with Crippen molar-refractivity contribution >= 4 is 17.7 Å². The number of aryl methyl sites for hydroxylation is 2. The number of thioether (sulfide) groups is 1. The van der Waals surface area contributed by atoms with E-state index < -0.39 is 5.60 Å². The smallest absolute Gasteiger partial charge is 0.258 e. The highest BCUT2D eigenvalue weighted by Gasteiger charge is 2.46. The Morgan fingerprint density at radius 3 is 2.45 bits per heavy atom. The molecule has 0 bridgehead atoms. The first-order valence-electron chi connectivity index (χ1n) is 6.69. The van der Waals surface area contributed by atoms with Crippen LogP contribution in [-0.4, -0.2) is 50.8 Å². The number of hydrogen-bond acceptors (Lipinski definition) is 5. The van der Waals surface area contributed by atoms with E-state index in [0.717, 1.165) is 0 Å². The molecule has 1 aromatic heterocycles. The monoisotopic (exact) mass is 295 g/mol. The lowest BCUT2D eigenvalue weighted by molar-refractivity contribution is -0.111. The second kappa shape index (κ2) is 5.33. The van der Waals surface area contributed by atoms with Gasteiger partial charge >= 0.3 is 0 Å². The summed E-state index contributed by atoms with van der Waals surface area (Å²) >= 11 is 1.45. The first kappa shape index (κ1) is 15.3. The van der Waals surface area contributed by atoms with Crippen molar-refractivity contribution in [1.29, 1.82) is 0 Å². The second-order valence-electron chi connectivity index (χ2n) is 5.66. The number of likely N-dealkylation sites (tertiary alicyclic amines) is 1. The summed E-state index contributed by atoms with van der Waals surface area (Å²) in [5.41, 5.74) is 0.509. The molecule has 0 atom stereocenters. The van der Waals surface area contributed by atoms with Gasteiger partial charge in [0, 0.05) is 0 Å². The first-order valence-corrected chi connectivity index (χ1v) is 7.92. The Hall–Kier alpha value is -1.14. The summed E-state index contributed by atoms with van der Waals surface area (Å²) in [6, 6.07) is 0. The third kappa shape index (κ3) is 2.54. The van der Waals surface area contributed by atoms with Crippen LogP contribution in [0.4, 0.5) is 0 Å². The number of nitrogens with zero attached hydrogens (tertiary/aromatic N) is 3. The van der Waals surface area contributed by atoms with E-state index in [1.165, 1.54) is 11.8 Å². The van der Waals surface area contributed by atoms with Crippen molar-refractivity contribution in [2.24, 2.45) is 5.92 Å². The van der Waals surface area contributed by atoms with Gasteiger partial charge in [-0.2, -0.15) is 0 Å².